The Labute approximate surface area is 96.2 Å². The maximum absolute atomic E-state index is 3.55. The second kappa shape index (κ2) is 9.17. The molecule has 92 valence electrons. The minimum atomic E-state index is 0.467. The van der Waals surface area contributed by atoms with Crippen LogP contribution in [0, 0.1) is 5.41 Å². The lowest BCUT2D eigenvalue weighted by atomic mass is 9.87. The molecule has 2 N–H and O–H groups in total. The third-order valence-corrected chi connectivity index (χ3v) is 2.84. The summed E-state index contributed by atoms with van der Waals surface area (Å²) < 4.78 is 0. The molecule has 0 heterocycles. The van der Waals surface area contributed by atoms with Crippen LogP contribution < -0.4 is 10.6 Å². The molecular formula is C13H30N2. The molecule has 0 aliphatic rings. The van der Waals surface area contributed by atoms with Crippen molar-refractivity contribution in [2.45, 2.75) is 52.9 Å². The Bertz CT molecular complexity index is 132. The van der Waals surface area contributed by atoms with E-state index in [4.69, 9.17) is 0 Å². The molecule has 0 unspecified atom stereocenters. The lowest BCUT2D eigenvalue weighted by molar-refractivity contribution is 0.302. The molecule has 0 radical (unpaired) electrons. The molecule has 0 fully saturated rings. The zero-order valence-corrected chi connectivity index (χ0v) is 11.2. The Kier molecular flexibility index (Phi) is 9.12. The number of hydrogen-bond donors (Lipinski definition) is 2. The maximum Gasteiger partial charge on any atom is 0.000252 e. The molecule has 0 aliphatic carbocycles. The van der Waals surface area contributed by atoms with Crippen molar-refractivity contribution in [3.05, 3.63) is 0 Å². The van der Waals surface area contributed by atoms with E-state index in [1.165, 1.54) is 32.1 Å². The van der Waals surface area contributed by atoms with Crippen LogP contribution in [-0.4, -0.2) is 26.7 Å². The highest BCUT2D eigenvalue weighted by atomic mass is 14.9. The van der Waals surface area contributed by atoms with Crippen LogP contribution in [-0.2, 0) is 0 Å². The molecule has 0 atom stereocenters. The minimum absolute atomic E-state index is 0.467. The Balaban J connectivity index is 3.38. The van der Waals surface area contributed by atoms with Crippen LogP contribution in [0.2, 0.25) is 0 Å². The summed E-state index contributed by atoms with van der Waals surface area (Å²) in [6.07, 6.45) is 6.65. The van der Waals surface area contributed by atoms with Gasteiger partial charge in [-0.05, 0) is 38.4 Å². The van der Waals surface area contributed by atoms with Gasteiger partial charge in [-0.1, -0.05) is 40.0 Å². The predicted molar refractivity (Wildman–Crippen MR) is 69.3 cm³/mol. The number of unbranched alkanes of at least 4 members (excludes halogenated alkanes) is 2. The Morgan fingerprint density at radius 1 is 1.00 bits per heavy atom. The Hall–Kier alpha value is -0.0800. The minimum Gasteiger partial charge on any atom is -0.320 e. The van der Waals surface area contributed by atoms with Gasteiger partial charge in [-0.25, -0.2) is 0 Å². The molecule has 0 spiro atoms. The van der Waals surface area contributed by atoms with E-state index in [0.29, 0.717) is 5.41 Å². The van der Waals surface area contributed by atoms with Crippen molar-refractivity contribution in [3.63, 3.8) is 0 Å². The van der Waals surface area contributed by atoms with Crippen LogP contribution in [0.1, 0.15) is 52.9 Å². The number of rotatable bonds is 10. The van der Waals surface area contributed by atoms with Gasteiger partial charge in [0.25, 0.3) is 0 Å². The van der Waals surface area contributed by atoms with E-state index in [0.717, 1.165) is 19.6 Å². The normalized spacial score (nSPS) is 12.0. The van der Waals surface area contributed by atoms with Crippen molar-refractivity contribution in [3.8, 4) is 0 Å². The molecule has 0 aromatic heterocycles. The first-order chi connectivity index (χ1) is 7.12. The molecule has 2 heteroatoms. The van der Waals surface area contributed by atoms with Crippen molar-refractivity contribution >= 4 is 0 Å². The van der Waals surface area contributed by atoms with Crippen LogP contribution in [0.4, 0.5) is 0 Å². The molecule has 15 heavy (non-hydrogen) atoms. The molecule has 0 aliphatic heterocycles. The van der Waals surface area contributed by atoms with Crippen molar-refractivity contribution in [2.24, 2.45) is 5.41 Å². The fourth-order valence-corrected chi connectivity index (χ4v) is 1.76. The lowest BCUT2D eigenvalue weighted by Crippen LogP contribution is -2.31. The average molecular weight is 214 g/mol. The third kappa shape index (κ3) is 10.2. The topological polar surface area (TPSA) is 24.1 Å². The molecule has 2 nitrogen and oxygen atoms in total. The van der Waals surface area contributed by atoms with Gasteiger partial charge in [0.2, 0.25) is 0 Å². The summed E-state index contributed by atoms with van der Waals surface area (Å²) in [6, 6.07) is 0. The van der Waals surface area contributed by atoms with Gasteiger partial charge in [0.15, 0.2) is 0 Å². The van der Waals surface area contributed by atoms with E-state index < -0.39 is 0 Å². The molecule has 0 saturated heterocycles. The van der Waals surface area contributed by atoms with Gasteiger partial charge in [-0.2, -0.15) is 0 Å². The number of nitrogens with one attached hydrogen (secondary N) is 2. The highest BCUT2D eigenvalue weighted by Gasteiger charge is 2.15. The van der Waals surface area contributed by atoms with Crippen molar-refractivity contribution in [2.75, 3.05) is 26.7 Å². The van der Waals surface area contributed by atoms with Crippen LogP contribution >= 0.6 is 0 Å². The Morgan fingerprint density at radius 2 is 1.73 bits per heavy atom. The van der Waals surface area contributed by atoms with E-state index in [2.05, 4.69) is 31.4 Å². The molecule has 0 saturated carbocycles. The second-order valence-electron chi connectivity index (χ2n) is 5.26. The van der Waals surface area contributed by atoms with Gasteiger partial charge < -0.3 is 10.6 Å². The molecular weight excluding hydrogens is 184 g/mol. The standard InChI is InChI=1S/C13H30N2/c1-5-6-7-9-13(2,3)12-15-11-8-10-14-4/h14-15H,5-12H2,1-4H3. The predicted octanol–water partition coefficient (Wildman–Crippen LogP) is 2.79. The summed E-state index contributed by atoms with van der Waals surface area (Å²) in [5.74, 6) is 0. The zero-order chi connectivity index (χ0) is 11.6. The summed E-state index contributed by atoms with van der Waals surface area (Å²) in [7, 11) is 2.01. The lowest BCUT2D eigenvalue weighted by Gasteiger charge is -2.25. The molecule has 0 bridgehead atoms. The molecule has 0 aromatic carbocycles. The van der Waals surface area contributed by atoms with Gasteiger partial charge in [0, 0.05) is 6.54 Å². The van der Waals surface area contributed by atoms with Crippen LogP contribution in [0.15, 0.2) is 0 Å². The van der Waals surface area contributed by atoms with Crippen molar-refractivity contribution in [1.82, 2.24) is 10.6 Å². The largest absolute Gasteiger partial charge is 0.320 e. The summed E-state index contributed by atoms with van der Waals surface area (Å²) in [4.78, 5) is 0. The quantitative estimate of drug-likeness (QED) is 0.546. The van der Waals surface area contributed by atoms with Crippen LogP contribution in [0.3, 0.4) is 0 Å². The summed E-state index contributed by atoms with van der Waals surface area (Å²) in [5, 5.41) is 6.71. The molecule has 0 amide bonds. The number of hydrogen-bond acceptors (Lipinski definition) is 2. The van der Waals surface area contributed by atoms with E-state index in [9.17, 15) is 0 Å². The van der Waals surface area contributed by atoms with Gasteiger partial charge in [-0.3, -0.25) is 0 Å². The average Bonchev–Trinajstić information content (AvgIpc) is 2.17. The van der Waals surface area contributed by atoms with Crippen molar-refractivity contribution in [1.29, 1.82) is 0 Å². The highest BCUT2D eigenvalue weighted by molar-refractivity contribution is 4.71. The van der Waals surface area contributed by atoms with E-state index in [1.54, 1.807) is 0 Å². The van der Waals surface area contributed by atoms with E-state index >= 15 is 0 Å². The Morgan fingerprint density at radius 3 is 2.33 bits per heavy atom. The van der Waals surface area contributed by atoms with Gasteiger partial charge in [-0.15, -0.1) is 0 Å². The van der Waals surface area contributed by atoms with Gasteiger partial charge >= 0.3 is 0 Å². The SMILES string of the molecule is CCCCCC(C)(C)CNCCCNC. The van der Waals surface area contributed by atoms with Crippen molar-refractivity contribution < 1.29 is 0 Å². The maximum atomic E-state index is 3.55. The van der Waals surface area contributed by atoms with Gasteiger partial charge in [0.05, 0.1) is 0 Å². The third-order valence-electron chi connectivity index (χ3n) is 2.84. The first-order valence-corrected chi connectivity index (χ1v) is 6.47. The zero-order valence-electron chi connectivity index (χ0n) is 11.2. The fourth-order valence-electron chi connectivity index (χ4n) is 1.76. The highest BCUT2D eigenvalue weighted by Crippen LogP contribution is 2.22. The van der Waals surface area contributed by atoms with Crippen LogP contribution in [0.25, 0.3) is 0 Å². The van der Waals surface area contributed by atoms with Crippen LogP contribution in [0.5, 0.6) is 0 Å². The van der Waals surface area contributed by atoms with E-state index in [1.807, 2.05) is 7.05 Å². The summed E-state index contributed by atoms with van der Waals surface area (Å²) >= 11 is 0. The summed E-state index contributed by atoms with van der Waals surface area (Å²) in [5.41, 5.74) is 0.467. The van der Waals surface area contributed by atoms with E-state index in [-0.39, 0.29) is 0 Å². The molecule has 0 aromatic rings. The fraction of sp³-hybridized carbons (Fsp3) is 1.00. The summed E-state index contributed by atoms with van der Waals surface area (Å²) in [6.45, 7) is 10.4. The first kappa shape index (κ1) is 14.9. The smallest absolute Gasteiger partial charge is 0.000252 e. The second-order valence-corrected chi connectivity index (χ2v) is 5.26. The first-order valence-electron chi connectivity index (χ1n) is 6.47. The monoisotopic (exact) mass is 214 g/mol. The molecule has 0 rings (SSSR count). The van der Waals surface area contributed by atoms with Gasteiger partial charge in [0.1, 0.15) is 0 Å².